The summed E-state index contributed by atoms with van der Waals surface area (Å²) in [6, 6.07) is 55.3. The van der Waals surface area contributed by atoms with Crippen LogP contribution in [0.2, 0.25) is 0 Å². The second-order valence-corrected chi connectivity index (χ2v) is 14.6. The standard InChI is InChI=1S/C48H30OS/c1-2-12-30(13-3-1)43-33-14-4-6-16-35(33)44(36-17-7-5-15-34(36)43)31-24-22-29(23-25-31)32-26-27-42-40(28-32)46-38-19-9-8-18-37(38)45-39-20-10-11-21-41(39)49-47(45)48(46)50-42/h1-27,40H,28H2. The zero-order valence-electron chi connectivity index (χ0n) is 27.2. The average molecular weight is 655 g/mol. The summed E-state index contributed by atoms with van der Waals surface area (Å²) in [5.74, 6) is 0.315. The fourth-order valence-corrected chi connectivity index (χ4v) is 9.99. The van der Waals surface area contributed by atoms with Gasteiger partial charge in [-0.15, -0.1) is 0 Å². The van der Waals surface area contributed by atoms with E-state index in [4.69, 9.17) is 4.42 Å². The summed E-state index contributed by atoms with van der Waals surface area (Å²) < 4.78 is 6.60. The van der Waals surface area contributed by atoms with Crippen LogP contribution in [0.3, 0.4) is 0 Å². The minimum Gasteiger partial charge on any atom is -0.455 e. The molecule has 1 aliphatic carbocycles. The number of furan rings is 1. The van der Waals surface area contributed by atoms with Crippen LogP contribution in [0.4, 0.5) is 0 Å². The second-order valence-electron chi connectivity index (χ2n) is 13.5. The van der Waals surface area contributed by atoms with Gasteiger partial charge in [-0.25, -0.2) is 0 Å². The lowest BCUT2D eigenvalue weighted by Gasteiger charge is -2.21. The van der Waals surface area contributed by atoms with Crippen molar-refractivity contribution in [2.24, 2.45) is 0 Å². The Bertz CT molecular complexity index is 2850. The van der Waals surface area contributed by atoms with E-state index < -0.39 is 0 Å². The molecule has 234 valence electrons. The molecule has 2 heteroatoms. The summed E-state index contributed by atoms with van der Waals surface area (Å²) in [7, 11) is 0. The normalized spacial score (nSPS) is 15.5. The van der Waals surface area contributed by atoms with Crippen LogP contribution in [-0.4, -0.2) is 0 Å². The highest BCUT2D eigenvalue weighted by molar-refractivity contribution is 8.03. The maximum absolute atomic E-state index is 6.60. The Morgan fingerprint density at radius 2 is 0.980 bits per heavy atom. The van der Waals surface area contributed by atoms with Gasteiger partial charge in [-0.1, -0.05) is 170 Å². The summed E-state index contributed by atoms with van der Waals surface area (Å²) in [6.45, 7) is 0. The lowest BCUT2D eigenvalue weighted by Crippen LogP contribution is -2.02. The van der Waals surface area contributed by atoms with E-state index >= 15 is 0 Å². The van der Waals surface area contributed by atoms with Crippen LogP contribution in [0.5, 0.6) is 0 Å². The third-order valence-electron chi connectivity index (χ3n) is 10.9. The first kappa shape index (κ1) is 28.1. The average Bonchev–Trinajstić information content (AvgIpc) is 3.77. The van der Waals surface area contributed by atoms with Crippen LogP contribution in [-0.2, 0) is 0 Å². The van der Waals surface area contributed by atoms with Crippen LogP contribution < -0.4 is 0 Å². The molecule has 0 spiro atoms. The molecule has 0 fully saturated rings. The molecule has 50 heavy (non-hydrogen) atoms. The van der Waals surface area contributed by atoms with E-state index in [9.17, 15) is 0 Å². The van der Waals surface area contributed by atoms with Crippen molar-refractivity contribution in [1.82, 2.24) is 0 Å². The number of benzene rings is 8. The van der Waals surface area contributed by atoms with Gasteiger partial charge in [0.1, 0.15) is 11.2 Å². The SMILES string of the molecule is C1=C(c2ccc(-c3c4ccccc4c(-c4ccccc4)c4ccccc34)cc2)CC2C(=C1)Sc1c2c2ccccc2c2c1oc1ccccc12. The maximum Gasteiger partial charge on any atom is 0.150 e. The van der Waals surface area contributed by atoms with Crippen LogP contribution in [0.25, 0.3) is 82.1 Å². The Morgan fingerprint density at radius 1 is 0.460 bits per heavy atom. The molecule has 0 saturated carbocycles. The lowest BCUT2D eigenvalue weighted by molar-refractivity contribution is 0.659. The molecule has 1 unspecified atom stereocenters. The van der Waals surface area contributed by atoms with Crippen LogP contribution in [0.1, 0.15) is 23.5 Å². The van der Waals surface area contributed by atoms with E-state index in [0.717, 1.165) is 17.6 Å². The molecule has 0 radical (unpaired) electrons. The summed E-state index contributed by atoms with van der Waals surface area (Å²) >= 11 is 1.90. The van der Waals surface area contributed by atoms with Crippen molar-refractivity contribution in [3.63, 3.8) is 0 Å². The highest BCUT2D eigenvalue weighted by Crippen LogP contribution is 2.59. The van der Waals surface area contributed by atoms with Crippen LogP contribution in [0, 0.1) is 0 Å². The first-order valence-electron chi connectivity index (χ1n) is 17.4. The largest absolute Gasteiger partial charge is 0.455 e. The van der Waals surface area contributed by atoms with E-state index in [1.54, 1.807) is 0 Å². The predicted molar refractivity (Wildman–Crippen MR) is 213 cm³/mol. The quantitative estimate of drug-likeness (QED) is 0.176. The van der Waals surface area contributed by atoms with Gasteiger partial charge in [-0.05, 0) is 88.7 Å². The molecular formula is C48H30OS. The maximum atomic E-state index is 6.60. The van der Waals surface area contributed by atoms with Gasteiger partial charge in [0.05, 0.1) is 4.90 Å². The Balaban J connectivity index is 1.01. The first-order valence-corrected chi connectivity index (χ1v) is 18.2. The van der Waals surface area contributed by atoms with Crippen molar-refractivity contribution < 1.29 is 4.42 Å². The number of fused-ring (bicyclic) bond motifs is 12. The zero-order chi connectivity index (χ0) is 32.8. The van der Waals surface area contributed by atoms with Crippen molar-refractivity contribution in [2.45, 2.75) is 17.2 Å². The van der Waals surface area contributed by atoms with Gasteiger partial charge in [0.15, 0.2) is 0 Å². The van der Waals surface area contributed by atoms with E-state index in [0.29, 0.717) is 5.92 Å². The van der Waals surface area contributed by atoms with Crippen LogP contribution >= 0.6 is 11.8 Å². The third-order valence-corrected chi connectivity index (χ3v) is 12.1. The van der Waals surface area contributed by atoms with Crippen molar-refractivity contribution in [2.75, 3.05) is 0 Å². The Hall–Kier alpha value is -5.83. The molecule has 0 bridgehead atoms. The molecule has 1 atom stereocenters. The van der Waals surface area contributed by atoms with Gasteiger partial charge in [-0.2, -0.15) is 0 Å². The molecular weight excluding hydrogens is 625 g/mol. The van der Waals surface area contributed by atoms with Crippen molar-refractivity contribution in [1.29, 1.82) is 0 Å². The molecule has 1 aromatic heterocycles. The number of allylic oxidation sites excluding steroid dienone is 4. The second kappa shape index (κ2) is 10.8. The fraction of sp³-hybridized carbons (Fsp3) is 0.0417. The molecule has 0 N–H and O–H groups in total. The number of hydrogen-bond donors (Lipinski definition) is 0. The van der Waals surface area contributed by atoms with Crippen molar-refractivity contribution >= 4 is 71.6 Å². The highest BCUT2D eigenvalue weighted by atomic mass is 32.2. The summed E-state index contributed by atoms with van der Waals surface area (Å²) in [4.78, 5) is 2.70. The fourth-order valence-electron chi connectivity index (χ4n) is 8.68. The van der Waals surface area contributed by atoms with E-state index in [1.165, 1.54) is 91.8 Å². The van der Waals surface area contributed by atoms with E-state index in [1.807, 2.05) is 11.8 Å². The van der Waals surface area contributed by atoms with Gasteiger partial charge < -0.3 is 4.42 Å². The molecule has 8 aromatic carbocycles. The van der Waals surface area contributed by atoms with Crippen molar-refractivity contribution in [3.8, 4) is 22.3 Å². The molecule has 9 aromatic rings. The number of para-hydroxylation sites is 1. The Morgan fingerprint density at radius 3 is 1.64 bits per heavy atom. The topological polar surface area (TPSA) is 13.1 Å². The summed E-state index contributed by atoms with van der Waals surface area (Å²) in [5, 5.41) is 10.2. The minimum atomic E-state index is 0.315. The number of thioether (sulfide) groups is 1. The predicted octanol–water partition coefficient (Wildman–Crippen LogP) is 13.9. The van der Waals surface area contributed by atoms with Gasteiger partial charge in [0, 0.05) is 16.7 Å². The molecule has 2 aliphatic rings. The Kier molecular flexibility index (Phi) is 6.08. The third kappa shape index (κ3) is 4.03. The number of hydrogen-bond acceptors (Lipinski definition) is 2. The van der Waals surface area contributed by atoms with Gasteiger partial charge in [-0.3, -0.25) is 0 Å². The van der Waals surface area contributed by atoms with E-state index in [-0.39, 0.29) is 0 Å². The lowest BCUT2D eigenvalue weighted by atomic mass is 9.82. The van der Waals surface area contributed by atoms with Gasteiger partial charge in [0.25, 0.3) is 0 Å². The zero-order valence-corrected chi connectivity index (χ0v) is 28.0. The molecule has 0 saturated heterocycles. The van der Waals surface area contributed by atoms with Gasteiger partial charge in [0.2, 0.25) is 0 Å². The van der Waals surface area contributed by atoms with E-state index in [2.05, 4.69) is 164 Å². The van der Waals surface area contributed by atoms with Crippen molar-refractivity contribution in [3.05, 3.63) is 180 Å². The molecule has 1 aliphatic heterocycles. The smallest absolute Gasteiger partial charge is 0.150 e. The number of rotatable bonds is 3. The summed E-state index contributed by atoms with van der Waals surface area (Å²) in [5.41, 5.74) is 11.2. The highest BCUT2D eigenvalue weighted by Gasteiger charge is 2.36. The van der Waals surface area contributed by atoms with Gasteiger partial charge >= 0.3 is 0 Å². The Labute approximate surface area is 294 Å². The monoisotopic (exact) mass is 654 g/mol. The molecule has 11 rings (SSSR count). The molecule has 0 amide bonds. The first-order chi connectivity index (χ1) is 24.8. The molecule has 1 nitrogen and oxygen atoms in total. The minimum absolute atomic E-state index is 0.315. The van der Waals surface area contributed by atoms with Crippen LogP contribution in [0.15, 0.2) is 178 Å². The molecule has 2 heterocycles. The summed E-state index contributed by atoms with van der Waals surface area (Å²) in [6.07, 6.45) is 5.67.